The lowest BCUT2D eigenvalue weighted by Crippen LogP contribution is -1.93. The first-order valence-electron chi connectivity index (χ1n) is 5.26. The molecule has 3 aromatic heterocycles. The molecule has 3 heterocycles. The highest BCUT2D eigenvalue weighted by molar-refractivity contribution is 5.72. The lowest BCUT2D eigenvalue weighted by molar-refractivity contribution is 0.571. The Morgan fingerprint density at radius 3 is 2.18 bits per heavy atom. The molecule has 0 atom stereocenters. The molecule has 17 heavy (non-hydrogen) atoms. The van der Waals surface area contributed by atoms with E-state index in [1.807, 2.05) is 31.2 Å². The van der Waals surface area contributed by atoms with Crippen molar-refractivity contribution in [3.8, 4) is 22.9 Å². The minimum absolute atomic E-state index is 0.684. The Labute approximate surface area is 97.9 Å². The zero-order chi connectivity index (χ0) is 11.7. The van der Waals surface area contributed by atoms with Gasteiger partial charge in [0.25, 0.3) is 0 Å². The van der Waals surface area contributed by atoms with E-state index in [0.717, 1.165) is 5.69 Å². The molecule has 0 N–H and O–H groups in total. The Bertz CT molecular complexity index is 613. The molecule has 0 unspecified atom stereocenters. The van der Waals surface area contributed by atoms with Gasteiger partial charge in [0.05, 0.1) is 18.2 Å². The van der Waals surface area contributed by atoms with Gasteiger partial charge >= 0.3 is 0 Å². The monoisotopic (exact) mass is 226 g/mol. The first-order chi connectivity index (χ1) is 8.34. The highest BCUT2D eigenvalue weighted by Gasteiger charge is 2.15. The van der Waals surface area contributed by atoms with Gasteiger partial charge in [0.1, 0.15) is 11.4 Å². The topological polar surface area (TPSA) is 52.1 Å². The molecule has 0 amide bonds. The molecule has 4 nitrogen and oxygen atoms in total. The molecule has 4 heteroatoms. The third-order valence-corrected chi connectivity index (χ3v) is 2.40. The summed E-state index contributed by atoms with van der Waals surface area (Å²) in [5.74, 6) is 1.37. The summed E-state index contributed by atoms with van der Waals surface area (Å²) in [6, 6.07) is 7.36. The maximum absolute atomic E-state index is 5.37. The molecule has 3 aromatic rings. The average molecular weight is 226 g/mol. The van der Waals surface area contributed by atoms with Crippen LogP contribution in [-0.4, -0.2) is 9.97 Å². The smallest absolute Gasteiger partial charge is 0.154 e. The fourth-order valence-corrected chi connectivity index (χ4v) is 1.66. The Hall–Kier alpha value is -2.36. The van der Waals surface area contributed by atoms with Gasteiger partial charge in [-0.1, -0.05) is 0 Å². The Morgan fingerprint density at radius 2 is 1.59 bits per heavy atom. The fraction of sp³-hybridized carbons (Fsp3) is 0.0769. The van der Waals surface area contributed by atoms with E-state index in [9.17, 15) is 0 Å². The third-order valence-electron chi connectivity index (χ3n) is 2.40. The summed E-state index contributed by atoms with van der Waals surface area (Å²) >= 11 is 0. The maximum Gasteiger partial charge on any atom is 0.154 e. The highest BCUT2D eigenvalue weighted by Crippen LogP contribution is 2.29. The van der Waals surface area contributed by atoms with Gasteiger partial charge in [-0.3, -0.25) is 0 Å². The van der Waals surface area contributed by atoms with E-state index in [4.69, 9.17) is 8.83 Å². The second-order valence-corrected chi connectivity index (χ2v) is 3.66. The van der Waals surface area contributed by atoms with Gasteiger partial charge in [-0.25, -0.2) is 9.97 Å². The molecule has 0 aliphatic heterocycles. The minimum Gasteiger partial charge on any atom is -0.463 e. The van der Waals surface area contributed by atoms with Crippen molar-refractivity contribution in [2.24, 2.45) is 0 Å². The van der Waals surface area contributed by atoms with Crippen LogP contribution < -0.4 is 0 Å². The largest absolute Gasteiger partial charge is 0.463 e. The van der Waals surface area contributed by atoms with Crippen LogP contribution in [0.15, 0.2) is 51.8 Å². The zero-order valence-corrected chi connectivity index (χ0v) is 9.25. The summed E-state index contributed by atoms with van der Waals surface area (Å²) in [5.41, 5.74) is 2.23. The van der Waals surface area contributed by atoms with Crippen LogP contribution in [0.3, 0.4) is 0 Å². The summed E-state index contributed by atoms with van der Waals surface area (Å²) in [6.45, 7) is 1.89. The number of nitrogens with zero attached hydrogens (tertiary/aromatic N) is 2. The van der Waals surface area contributed by atoms with Gasteiger partial charge in [0.2, 0.25) is 0 Å². The van der Waals surface area contributed by atoms with E-state index in [1.165, 1.54) is 0 Å². The van der Waals surface area contributed by atoms with Crippen molar-refractivity contribution in [1.29, 1.82) is 0 Å². The maximum atomic E-state index is 5.37. The van der Waals surface area contributed by atoms with Gasteiger partial charge in [0.15, 0.2) is 11.5 Å². The van der Waals surface area contributed by atoms with Crippen molar-refractivity contribution in [1.82, 2.24) is 9.97 Å². The van der Waals surface area contributed by atoms with E-state index in [1.54, 1.807) is 18.7 Å². The van der Waals surface area contributed by atoms with Crippen LogP contribution in [0.2, 0.25) is 0 Å². The van der Waals surface area contributed by atoms with E-state index in [-0.39, 0.29) is 0 Å². The second kappa shape index (κ2) is 3.90. The number of aryl methyl sites for hydroxylation is 1. The Balaban J connectivity index is 2.22. The molecule has 0 saturated carbocycles. The molecule has 0 aromatic carbocycles. The normalized spacial score (nSPS) is 10.6. The SMILES string of the molecule is Cc1cnc(-c2ccco2)c(-c2ccco2)n1. The van der Waals surface area contributed by atoms with Crippen molar-refractivity contribution >= 4 is 0 Å². The minimum atomic E-state index is 0.684. The molecule has 0 bridgehead atoms. The van der Waals surface area contributed by atoms with E-state index >= 15 is 0 Å². The van der Waals surface area contributed by atoms with Gasteiger partial charge in [-0.15, -0.1) is 0 Å². The predicted octanol–water partition coefficient (Wildman–Crippen LogP) is 3.31. The quantitative estimate of drug-likeness (QED) is 0.672. The molecular formula is C13H10N2O2. The number of aromatic nitrogens is 2. The number of rotatable bonds is 2. The molecule has 0 aliphatic rings. The van der Waals surface area contributed by atoms with Crippen molar-refractivity contribution in [3.63, 3.8) is 0 Å². The Morgan fingerprint density at radius 1 is 0.941 bits per heavy atom. The van der Waals surface area contributed by atoms with E-state index < -0.39 is 0 Å². The molecule has 0 aliphatic carbocycles. The second-order valence-electron chi connectivity index (χ2n) is 3.66. The third kappa shape index (κ3) is 1.73. The van der Waals surface area contributed by atoms with Crippen molar-refractivity contribution in [2.45, 2.75) is 6.92 Å². The lowest BCUT2D eigenvalue weighted by Gasteiger charge is -2.03. The van der Waals surface area contributed by atoms with E-state index in [2.05, 4.69) is 9.97 Å². The average Bonchev–Trinajstić information content (AvgIpc) is 3.02. The molecule has 84 valence electrons. The Kier molecular flexibility index (Phi) is 2.26. The van der Waals surface area contributed by atoms with Crippen LogP contribution >= 0.6 is 0 Å². The summed E-state index contributed by atoms with van der Waals surface area (Å²) in [4.78, 5) is 8.82. The number of furan rings is 2. The summed E-state index contributed by atoms with van der Waals surface area (Å²) in [6.07, 6.45) is 4.94. The molecule has 0 fully saturated rings. The van der Waals surface area contributed by atoms with Crippen molar-refractivity contribution in [3.05, 3.63) is 48.7 Å². The van der Waals surface area contributed by atoms with Crippen LogP contribution in [-0.2, 0) is 0 Å². The molecule has 0 radical (unpaired) electrons. The lowest BCUT2D eigenvalue weighted by atomic mass is 10.2. The standard InChI is InChI=1S/C13H10N2O2/c1-9-8-14-12(10-4-2-6-16-10)13(15-9)11-5-3-7-17-11/h2-8H,1H3. The highest BCUT2D eigenvalue weighted by atomic mass is 16.3. The van der Waals surface area contributed by atoms with Crippen molar-refractivity contribution in [2.75, 3.05) is 0 Å². The molecule has 0 saturated heterocycles. The van der Waals surface area contributed by atoms with Crippen molar-refractivity contribution < 1.29 is 8.83 Å². The van der Waals surface area contributed by atoms with Crippen LogP contribution in [0.4, 0.5) is 0 Å². The summed E-state index contributed by atoms with van der Waals surface area (Å²) < 4.78 is 10.7. The fourth-order valence-electron chi connectivity index (χ4n) is 1.66. The van der Waals surface area contributed by atoms with Gasteiger partial charge in [-0.05, 0) is 31.2 Å². The molecular weight excluding hydrogens is 216 g/mol. The molecule has 3 rings (SSSR count). The first-order valence-corrected chi connectivity index (χ1v) is 5.26. The molecule has 0 spiro atoms. The van der Waals surface area contributed by atoms with Crippen LogP contribution in [0.25, 0.3) is 22.9 Å². The van der Waals surface area contributed by atoms with E-state index in [0.29, 0.717) is 22.9 Å². The summed E-state index contributed by atoms with van der Waals surface area (Å²) in [5, 5.41) is 0. The zero-order valence-electron chi connectivity index (χ0n) is 9.25. The van der Waals surface area contributed by atoms with Crippen LogP contribution in [0.1, 0.15) is 5.69 Å². The van der Waals surface area contributed by atoms with Crippen LogP contribution in [0.5, 0.6) is 0 Å². The van der Waals surface area contributed by atoms with Gasteiger partial charge < -0.3 is 8.83 Å². The van der Waals surface area contributed by atoms with Gasteiger partial charge in [0, 0.05) is 6.20 Å². The first kappa shape index (κ1) is 9.84. The number of hydrogen-bond donors (Lipinski definition) is 0. The number of hydrogen-bond acceptors (Lipinski definition) is 4. The predicted molar refractivity (Wildman–Crippen MR) is 62.2 cm³/mol. The van der Waals surface area contributed by atoms with Gasteiger partial charge in [-0.2, -0.15) is 0 Å². The van der Waals surface area contributed by atoms with Crippen LogP contribution in [0, 0.1) is 6.92 Å². The summed E-state index contributed by atoms with van der Waals surface area (Å²) in [7, 11) is 0.